The first-order valence-electron chi connectivity index (χ1n) is 11.3. The van der Waals surface area contributed by atoms with Crippen LogP contribution in [0.5, 0.6) is 11.5 Å². The van der Waals surface area contributed by atoms with Gasteiger partial charge >= 0.3 is 0 Å². The SMILES string of the molecule is CCNC(=O)[C@H](C)N(Cc1ccccc1)C(=O)CN(c1ccc2c(c1)OCCO2)S(=O)(=O)CC. The van der Waals surface area contributed by atoms with E-state index < -0.39 is 28.5 Å². The molecule has 2 amide bonds. The second-order valence-corrected chi connectivity index (χ2v) is 9.99. The standard InChI is InChI=1S/C24H31N3O6S/c1-4-25-24(29)18(3)26(16-19-9-7-6-8-10-19)23(28)17-27(34(30,31)5-2)20-11-12-21-22(15-20)33-14-13-32-21/h6-12,15,18H,4-5,13-14,16-17H2,1-3H3,(H,25,29)/t18-/m0/s1. The Bertz CT molecular complexity index is 1110. The molecule has 2 aromatic carbocycles. The van der Waals surface area contributed by atoms with Gasteiger partial charge < -0.3 is 19.7 Å². The molecule has 3 rings (SSSR count). The average Bonchev–Trinajstić information content (AvgIpc) is 2.85. The largest absolute Gasteiger partial charge is 0.486 e. The summed E-state index contributed by atoms with van der Waals surface area (Å²) < 4.78 is 38.2. The van der Waals surface area contributed by atoms with Crippen LogP contribution in [0.1, 0.15) is 26.3 Å². The Hall–Kier alpha value is -3.27. The smallest absolute Gasteiger partial charge is 0.244 e. The highest BCUT2D eigenvalue weighted by atomic mass is 32.2. The van der Waals surface area contributed by atoms with Crippen molar-refractivity contribution in [3.8, 4) is 11.5 Å². The predicted molar refractivity (Wildman–Crippen MR) is 129 cm³/mol. The average molecular weight is 490 g/mol. The summed E-state index contributed by atoms with van der Waals surface area (Å²) in [6.07, 6.45) is 0. The molecule has 0 saturated heterocycles. The Kier molecular flexibility index (Phi) is 8.38. The maximum absolute atomic E-state index is 13.5. The number of hydrogen-bond donors (Lipinski definition) is 1. The van der Waals surface area contributed by atoms with Gasteiger partial charge in [-0.25, -0.2) is 8.42 Å². The molecule has 0 spiro atoms. The first-order valence-corrected chi connectivity index (χ1v) is 12.9. The van der Waals surface area contributed by atoms with E-state index in [1.807, 2.05) is 30.3 Å². The molecule has 1 atom stereocenters. The molecule has 9 nitrogen and oxygen atoms in total. The van der Waals surface area contributed by atoms with Gasteiger partial charge in [0.05, 0.1) is 11.4 Å². The molecule has 1 N–H and O–H groups in total. The normalized spacial score (nSPS) is 13.6. The molecular formula is C24H31N3O6S. The summed E-state index contributed by atoms with van der Waals surface area (Å²) in [6, 6.07) is 13.2. The van der Waals surface area contributed by atoms with Crippen LogP contribution < -0.4 is 19.1 Å². The fraction of sp³-hybridized carbons (Fsp3) is 0.417. The highest BCUT2D eigenvalue weighted by molar-refractivity contribution is 7.92. The molecule has 1 aliphatic rings. The van der Waals surface area contributed by atoms with E-state index in [0.29, 0.717) is 36.9 Å². The van der Waals surface area contributed by atoms with Crippen LogP contribution in [0.4, 0.5) is 5.69 Å². The van der Waals surface area contributed by atoms with E-state index in [9.17, 15) is 18.0 Å². The summed E-state index contributed by atoms with van der Waals surface area (Å²) in [6.45, 7) is 5.85. The van der Waals surface area contributed by atoms with Crippen LogP contribution in [0.3, 0.4) is 0 Å². The Labute approximate surface area is 200 Å². The summed E-state index contributed by atoms with van der Waals surface area (Å²) in [5, 5.41) is 2.73. The zero-order valence-electron chi connectivity index (χ0n) is 19.7. The number of benzene rings is 2. The van der Waals surface area contributed by atoms with Crippen LogP contribution in [0.2, 0.25) is 0 Å². The molecule has 1 aliphatic heterocycles. The van der Waals surface area contributed by atoms with Gasteiger partial charge in [0.15, 0.2) is 11.5 Å². The molecule has 0 bridgehead atoms. The Morgan fingerprint density at radius 3 is 2.35 bits per heavy atom. The van der Waals surface area contributed by atoms with Crippen molar-refractivity contribution < 1.29 is 27.5 Å². The summed E-state index contributed by atoms with van der Waals surface area (Å²) in [5.41, 5.74) is 1.13. The summed E-state index contributed by atoms with van der Waals surface area (Å²) >= 11 is 0. The quantitative estimate of drug-likeness (QED) is 0.548. The van der Waals surface area contributed by atoms with Crippen molar-refractivity contribution in [2.24, 2.45) is 0 Å². The van der Waals surface area contributed by atoms with Gasteiger partial charge in [-0.2, -0.15) is 0 Å². The van der Waals surface area contributed by atoms with E-state index in [4.69, 9.17) is 9.47 Å². The summed E-state index contributed by atoms with van der Waals surface area (Å²) in [4.78, 5) is 27.5. The Balaban J connectivity index is 1.93. The lowest BCUT2D eigenvalue weighted by Gasteiger charge is -2.32. The van der Waals surface area contributed by atoms with Crippen molar-refractivity contribution in [3.63, 3.8) is 0 Å². The van der Waals surface area contributed by atoms with Crippen molar-refractivity contribution in [2.45, 2.75) is 33.4 Å². The fourth-order valence-electron chi connectivity index (χ4n) is 3.59. The third-order valence-electron chi connectivity index (χ3n) is 5.51. The molecule has 0 saturated carbocycles. The molecule has 0 unspecified atom stereocenters. The summed E-state index contributed by atoms with van der Waals surface area (Å²) in [7, 11) is -3.81. The minimum atomic E-state index is -3.81. The first kappa shape index (κ1) is 25.4. The monoisotopic (exact) mass is 489 g/mol. The van der Waals surface area contributed by atoms with Gasteiger partial charge in [0.25, 0.3) is 0 Å². The van der Waals surface area contributed by atoms with Crippen LogP contribution in [-0.2, 0) is 26.2 Å². The van der Waals surface area contributed by atoms with Gasteiger partial charge in [0.1, 0.15) is 25.8 Å². The van der Waals surface area contributed by atoms with Crippen molar-refractivity contribution in [3.05, 3.63) is 54.1 Å². The second kappa shape index (κ2) is 11.2. The number of carbonyl (C=O) groups excluding carboxylic acids is 2. The zero-order valence-corrected chi connectivity index (χ0v) is 20.5. The van der Waals surface area contributed by atoms with Crippen LogP contribution in [0, 0.1) is 0 Å². The molecule has 2 aromatic rings. The molecule has 10 heteroatoms. The number of likely N-dealkylation sites (N-methyl/N-ethyl adjacent to an activating group) is 1. The van der Waals surface area contributed by atoms with Crippen molar-refractivity contribution in [1.82, 2.24) is 10.2 Å². The van der Waals surface area contributed by atoms with Gasteiger partial charge in [-0.15, -0.1) is 0 Å². The van der Waals surface area contributed by atoms with Crippen LogP contribution >= 0.6 is 0 Å². The number of anilines is 1. The predicted octanol–water partition coefficient (Wildman–Crippen LogP) is 2.17. The van der Waals surface area contributed by atoms with Gasteiger partial charge in [-0.05, 0) is 38.5 Å². The minimum absolute atomic E-state index is 0.166. The van der Waals surface area contributed by atoms with E-state index in [0.717, 1.165) is 9.87 Å². The van der Waals surface area contributed by atoms with Crippen LogP contribution in [0.25, 0.3) is 0 Å². The Morgan fingerprint density at radius 1 is 1.03 bits per heavy atom. The number of nitrogens with one attached hydrogen (secondary N) is 1. The van der Waals surface area contributed by atoms with E-state index in [-0.39, 0.29) is 18.2 Å². The fourth-order valence-corrected chi connectivity index (χ4v) is 4.65. The number of hydrogen-bond acceptors (Lipinski definition) is 6. The van der Waals surface area contributed by atoms with Crippen molar-refractivity contribution >= 4 is 27.5 Å². The molecule has 1 heterocycles. The van der Waals surface area contributed by atoms with E-state index >= 15 is 0 Å². The third-order valence-corrected chi connectivity index (χ3v) is 7.25. The lowest BCUT2D eigenvalue weighted by atomic mass is 10.1. The third kappa shape index (κ3) is 5.99. The number of carbonyl (C=O) groups is 2. The van der Waals surface area contributed by atoms with Gasteiger partial charge in [0.2, 0.25) is 21.8 Å². The highest BCUT2D eigenvalue weighted by Crippen LogP contribution is 2.35. The van der Waals surface area contributed by atoms with Gasteiger partial charge in [0, 0.05) is 19.2 Å². The number of amides is 2. The van der Waals surface area contributed by atoms with Gasteiger partial charge in [-0.3, -0.25) is 13.9 Å². The molecular weight excluding hydrogens is 458 g/mol. The first-order chi connectivity index (χ1) is 16.3. The number of fused-ring (bicyclic) bond motifs is 1. The minimum Gasteiger partial charge on any atom is -0.486 e. The maximum Gasteiger partial charge on any atom is 0.244 e. The summed E-state index contributed by atoms with van der Waals surface area (Å²) in [5.74, 6) is -0.0557. The molecule has 0 aromatic heterocycles. The lowest BCUT2D eigenvalue weighted by Crippen LogP contribution is -2.51. The van der Waals surface area contributed by atoms with Crippen LogP contribution in [0.15, 0.2) is 48.5 Å². The van der Waals surface area contributed by atoms with Gasteiger partial charge in [-0.1, -0.05) is 30.3 Å². The van der Waals surface area contributed by atoms with E-state index in [1.54, 1.807) is 32.0 Å². The molecule has 0 aliphatic carbocycles. The topological polar surface area (TPSA) is 105 Å². The molecule has 0 radical (unpaired) electrons. The van der Waals surface area contributed by atoms with Crippen molar-refractivity contribution in [1.29, 1.82) is 0 Å². The van der Waals surface area contributed by atoms with Crippen molar-refractivity contribution in [2.75, 3.05) is 36.4 Å². The van der Waals surface area contributed by atoms with Crippen LogP contribution in [-0.4, -0.2) is 63.2 Å². The van der Waals surface area contributed by atoms with E-state index in [2.05, 4.69) is 5.32 Å². The van der Waals surface area contributed by atoms with E-state index in [1.165, 1.54) is 11.8 Å². The molecule has 0 fully saturated rings. The number of ether oxygens (including phenoxy) is 2. The lowest BCUT2D eigenvalue weighted by molar-refractivity contribution is -0.139. The molecule has 184 valence electrons. The zero-order chi connectivity index (χ0) is 24.7. The second-order valence-electron chi connectivity index (χ2n) is 7.81. The maximum atomic E-state index is 13.5. The Morgan fingerprint density at radius 2 is 1.71 bits per heavy atom. The number of rotatable bonds is 10. The number of sulfonamides is 1. The highest BCUT2D eigenvalue weighted by Gasteiger charge is 2.31. The molecule has 34 heavy (non-hydrogen) atoms. The number of nitrogens with zero attached hydrogens (tertiary/aromatic N) is 2.